The van der Waals surface area contributed by atoms with Crippen molar-refractivity contribution in [3.05, 3.63) is 23.3 Å². The van der Waals surface area contributed by atoms with Gasteiger partial charge in [0.2, 0.25) is 0 Å². The number of ether oxygens (including phenoxy) is 2. The number of methoxy groups -OCH3 is 2. The second-order valence-corrected chi connectivity index (χ2v) is 6.73. The Balaban J connectivity index is 2.28. The summed E-state index contributed by atoms with van der Waals surface area (Å²) in [5.74, 6) is 0.782. The zero-order valence-corrected chi connectivity index (χ0v) is 13.3. The van der Waals surface area contributed by atoms with Gasteiger partial charge in [-0.15, -0.1) is 0 Å². The van der Waals surface area contributed by atoms with Crippen molar-refractivity contribution in [2.75, 3.05) is 20.8 Å². The summed E-state index contributed by atoms with van der Waals surface area (Å²) in [5.41, 5.74) is 2.08. The van der Waals surface area contributed by atoms with Crippen LogP contribution in [-0.4, -0.2) is 35.4 Å². The minimum Gasteiger partial charge on any atom is -0.493 e. The first-order valence-electron chi connectivity index (χ1n) is 5.96. The number of rotatable bonds is 2. The van der Waals surface area contributed by atoms with Gasteiger partial charge in [-0.3, -0.25) is 4.79 Å². The Labute approximate surface area is 132 Å². The highest BCUT2D eigenvalue weighted by molar-refractivity contribution is 6.76. The average molecular weight is 339 g/mol. The molecule has 1 aliphatic rings. The fourth-order valence-electron chi connectivity index (χ4n) is 2.24. The van der Waals surface area contributed by atoms with E-state index in [1.165, 1.54) is 4.90 Å². The molecular weight excluding hydrogens is 325 g/mol. The average Bonchev–Trinajstić information content (AvgIpc) is 2.43. The summed E-state index contributed by atoms with van der Waals surface area (Å²) in [5, 5.41) is 0. The van der Waals surface area contributed by atoms with Gasteiger partial charge in [0.25, 0.3) is 9.70 Å². The number of alkyl halides is 3. The van der Waals surface area contributed by atoms with Gasteiger partial charge in [0.1, 0.15) is 0 Å². The molecule has 7 heteroatoms. The smallest absolute Gasteiger partial charge is 0.275 e. The van der Waals surface area contributed by atoms with E-state index in [0.717, 1.165) is 11.1 Å². The van der Waals surface area contributed by atoms with Crippen molar-refractivity contribution in [2.45, 2.75) is 16.8 Å². The number of carbonyl (C=O) groups is 1. The van der Waals surface area contributed by atoms with E-state index in [9.17, 15) is 4.79 Å². The van der Waals surface area contributed by atoms with E-state index in [2.05, 4.69) is 0 Å². The van der Waals surface area contributed by atoms with Crippen LogP contribution in [0.15, 0.2) is 12.1 Å². The molecule has 0 spiro atoms. The van der Waals surface area contributed by atoms with Crippen molar-refractivity contribution in [3.8, 4) is 11.5 Å². The van der Waals surface area contributed by atoms with Crippen molar-refractivity contribution in [3.63, 3.8) is 0 Å². The highest BCUT2D eigenvalue weighted by Crippen LogP contribution is 2.35. The first-order valence-corrected chi connectivity index (χ1v) is 7.10. The van der Waals surface area contributed by atoms with E-state index in [1.807, 2.05) is 12.1 Å². The maximum atomic E-state index is 12.0. The molecule has 0 aromatic heterocycles. The fourth-order valence-corrected chi connectivity index (χ4v) is 2.59. The van der Waals surface area contributed by atoms with Crippen LogP contribution in [0.1, 0.15) is 11.1 Å². The normalized spacial score (nSPS) is 14.8. The molecule has 0 N–H and O–H groups in total. The first-order chi connectivity index (χ1) is 9.36. The van der Waals surface area contributed by atoms with Gasteiger partial charge in [-0.2, -0.15) is 0 Å². The first kappa shape index (κ1) is 15.5. The van der Waals surface area contributed by atoms with Crippen molar-refractivity contribution in [2.24, 2.45) is 0 Å². The molecule has 0 saturated carbocycles. The topological polar surface area (TPSA) is 38.8 Å². The van der Waals surface area contributed by atoms with E-state index in [4.69, 9.17) is 44.3 Å². The zero-order chi connectivity index (χ0) is 14.9. The van der Waals surface area contributed by atoms with Crippen molar-refractivity contribution < 1.29 is 14.3 Å². The summed E-state index contributed by atoms with van der Waals surface area (Å²) in [6.45, 7) is 0.900. The molecule has 1 aliphatic heterocycles. The molecule has 4 nitrogen and oxygen atoms in total. The van der Waals surface area contributed by atoms with Crippen LogP contribution in [0.3, 0.4) is 0 Å². The van der Waals surface area contributed by atoms with Crippen LogP contribution in [0, 0.1) is 0 Å². The van der Waals surface area contributed by atoms with Crippen LogP contribution in [0.2, 0.25) is 0 Å². The molecule has 0 saturated heterocycles. The number of amides is 1. The maximum Gasteiger partial charge on any atom is 0.275 e. The van der Waals surface area contributed by atoms with E-state index in [1.54, 1.807) is 14.2 Å². The molecule has 1 amide bonds. The Morgan fingerprint density at radius 2 is 1.70 bits per heavy atom. The third kappa shape index (κ3) is 3.08. The number of hydrogen-bond donors (Lipinski definition) is 0. The minimum absolute atomic E-state index is 0.391. The molecular formula is C13H14Cl3NO3. The number of fused-ring (bicyclic) bond motifs is 1. The van der Waals surface area contributed by atoms with Gasteiger partial charge in [-0.1, -0.05) is 34.8 Å². The Kier molecular flexibility index (Phi) is 4.57. The van der Waals surface area contributed by atoms with Crippen LogP contribution in [-0.2, 0) is 17.8 Å². The number of halogens is 3. The van der Waals surface area contributed by atoms with Crippen LogP contribution in [0.5, 0.6) is 11.5 Å². The van der Waals surface area contributed by atoms with E-state index >= 15 is 0 Å². The van der Waals surface area contributed by atoms with Crippen molar-refractivity contribution in [1.82, 2.24) is 4.90 Å². The second kappa shape index (κ2) is 5.88. The molecule has 1 aromatic carbocycles. The van der Waals surface area contributed by atoms with Gasteiger partial charge >= 0.3 is 0 Å². The summed E-state index contributed by atoms with van der Waals surface area (Å²) in [6.07, 6.45) is 0.683. The van der Waals surface area contributed by atoms with Crippen LogP contribution in [0.4, 0.5) is 0 Å². The number of hydrogen-bond acceptors (Lipinski definition) is 3. The Morgan fingerprint density at radius 3 is 2.20 bits per heavy atom. The van der Waals surface area contributed by atoms with E-state index in [0.29, 0.717) is 31.0 Å². The lowest BCUT2D eigenvalue weighted by atomic mass is 9.99. The molecule has 0 atom stereocenters. The van der Waals surface area contributed by atoms with Gasteiger partial charge in [0.15, 0.2) is 11.5 Å². The van der Waals surface area contributed by atoms with Gasteiger partial charge in [-0.25, -0.2) is 0 Å². The molecule has 0 fully saturated rings. The molecule has 0 aliphatic carbocycles. The van der Waals surface area contributed by atoms with Crippen LogP contribution >= 0.6 is 34.8 Å². The third-order valence-electron chi connectivity index (χ3n) is 3.25. The Hall–Kier alpha value is -0.840. The maximum absolute atomic E-state index is 12.0. The minimum atomic E-state index is -1.92. The molecule has 20 heavy (non-hydrogen) atoms. The quantitative estimate of drug-likeness (QED) is 0.778. The van der Waals surface area contributed by atoms with Crippen molar-refractivity contribution in [1.29, 1.82) is 0 Å². The number of benzene rings is 1. The number of carbonyl (C=O) groups excluding carboxylic acids is 1. The Morgan fingerprint density at radius 1 is 1.15 bits per heavy atom. The predicted molar refractivity (Wildman–Crippen MR) is 79.0 cm³/mol. The summed E-state index contributed by atoms with van der Waals surface area (Å²) in [7, 11) is 3.16. The summed E-state index contributed by atoms with van der Waals surface area (Å²) in [4.78, 5) is 13.5. The van der Waals surface area contributed by atoms with Crippen LogP contribution < -0.4 is 9.47 Å². The summed E-state index contributed by atoms with van der Waals surface area (Å²) < 4.78 is 8.60. The monoisotopic (exact) mass is 337 g/mol. The third-order valence-corrected chi connectivity index (χ3v) is 3.73. The molecule has 1 aromatic rings. The SMILES string of the molecule is COc1cc2c(cc1OC)CN(C(=O)C(Cl)(Cl)Cl)CC2. The highest BCUT2D eigenvalue weighted by atomic mass is 35.6. The molecule has 0 bridgehead atoms. The fraction of sp³-hybridized carbons (Fsp3) is 0.462. The van der Waals surface area contributed by atoms with Gasteiger partial charge in [0.05, 0.1) is 14.2 Å². The van der Waals surface area contributed by atoms with E-state index in [-0.39, 0.29) is 0 Å². The summed E-state index contributed by atoms with van der Waals surface area (Å²) in [6, 6.07) is 3.78. The summed E-state index contributed by atoms with van der Waals surface area (Å²) >= 11 is 16.9. The highest BCUT2D eigenvalue weighted by Gasteiger charge is 2.36. The molecule has 1 heterocycles. The van der Waals surface area contributed by atoms with Gasteiger partial charge in [0, 0.05) is 13.1 Å². The molecule has 110 valence electrons. The second-order valence-electron chi connectivity index (χ2n) is 4.45. The Bertz CT molecular complexity index is 528. The standard InChI is InChI=1S/C13H14Cl3NO3/c1-19-10-5-8-3-4-17(12(18)13(14,15)16)7-9(8)6-11(10)20-2/h5-6H,3-4,7H2,1-2H3. The lowest BCUT2D eigenvalue weighted by Gasteiger charge is -2.31. The lowest BCUT2D eigenvalue weighted by Crippen LogP contribution is -2.42. The van der Waals surface area contributed by atoms with Gasteiger partial charge < -0.3 is 14.4 Å². The van der Waals surface area contributed by atoms with Crippen molar-refractivity contribution >= 4 is 40.7 Å². The molecule has 2 rings (SSSR count). The van der Waals surface area contributed by atoms with Gasteiger partial charge in [-0.05, 0) is 29.7 Å². The molecule has 0 radical (unpaired) electrons. The number of nitrogens with zero attached hydrogens (tertiary/aromatic N) is 1. The molecule has 0 unspecified atom stereocenters. The predicted octanol–water partition coefficient (Wildman–Crippen LogP) is 2.96. The lowest BCUT2D eigenvalue weighted by molar-refractivity contribution is -0.131. The largest absolute Gasteiger partial charge is 0.493 e. The van der Waals surface area contributed by atoms with E-state index < -0.39 is 9.70 Å². The zero-order valence-electron chi connectivity index (χ0n) is 11.1. The van der Waals surface area contributed by atoms with Crippen LogP contribution in [0.25, 0.3) is 0 Å².